The molecule has 1 atom stereocenters. The Morgan fingerprint density at radius 3 is 2.12 bits per heavy atom. The normalized spacial score (nSPS) is 14.6. The van der Waals surface area contributed by atoms with E-state index in [1.54, 1.807) is 0 Å². The van der Waals surface area contributed by atoms with Gasteiger partial charge in [-0.05, 0) is 12.3 Å². The van der Waals surface area contributed by atoms with E-state index >= 15 is 0 Å². The molecule has 0 unspecified atom stereocenters. The molecule has 0 aliphatic rings. The Balaban J connectivity index is 3.17. The summed E-state index contributed by atoms with van der Waals surface area (Å²) >= 11 is 0. The molecule has 1 N–H and O–H groups in total. The van der Waals surface area contributed by atoms with Crippen LogP contribution in [0.5, 0.6) is 0 Å². The average molecular weight is 115 g/mol. The van der Waals surface area contributed by atoms with Gasteiger partial charge < -0.3 is 5.11 Å². The van der Waals surface area contributed by atoms with Gasteiger partial charge in [-0.15, -0.1) is 0 Å². The van der Waals surface area contributed by atoms with Crippen LogP contribution in [0.3, 0.4) is 0 Å². The third-order valence-corrected chi connectivity index (χ3v) is 1.23. The minimum Gasteiger partial charge on any atom is -0.393 e. The van der Waals surface area contributed by atoms with Gasteiger partial charge >= 0.3 is 0 Å². The maximum Gasteiger partial charge on any atom is 0.0597 e. The molecule has 0 spiro atoms. The van der Waals surface area contributed by atoms with E-state index in [-0.39, 0.29) is 6.10 Å². The van der Waals surface area contributed by atoms with Gasteiger partial charge in [-0.3, -0.25) is 0 Å². The van der Waals surface area contributed by atoms with Crippen LogP contribution in [0, 0.1) is 5.92 Å². The highest BCUT2D eigenvalue weighted by molar-refractivity contribution is 4.85. The van der Waals surface area contributed by atoms with Crippen molar-refractivity contribution in [3.63, 3.8) is 0 Å². The molecule has 1 nitrogen and oxygen atoms in total. The first-order valence-corrected chi connectivity index (χ1v) is 3.16. The Morgan fingerprint density at radius 1 is 1.50 bits per heavy atom. The Bertz CT molecular complexity index is 50.3. The quantitative estimate of drug-likeness (QED) is 0.594. The van der Waals surface area contributed by atoms with E-state index < -0.39 is 0 Å². The van der Waals surface area contributed by atoms with Crippen molar-refractivity contribution >= 4 is 0 Å². The van der Waals surface area contributed by atoms with Crippen molar-refractivity contribution in [2.24, 2.45) is 0 Å². The second-order valence-corrected chi connectivity index (χ2v) is 2.38. The van der Waals surface area contributed by atoms with Crippen molar-refractivity contribution in [2.45, 2.75) is 39.7 Å². The summed E-state index contributed by atoms with van der Waals surface area (Å²) in [5.74, 6) is 1.12. The molecule has 1 heteroatoms. The molecule has 0 amide bonds. The first-order chi connectivity index (χ1) is 3.68. The molecule has 0 fully saturated rings. The molecule has 0 aliphatic carbocycles. The van der Waals surface area contributed by atoms with Gasteiger partial charge in [-0.1, -0.05) is 27.2 Å². The van der Waals surface area contributed by atoms with Crippen molar-refractivity contribution in [1.29, 1.82) is 0 Å². The summed E-state index contributed by atoms with van der Waals surface area (Å²) in [6.45, 7) is 5.99. The third kappa shape index (κ3) is 3.03. The molecule has 0 saturated heterocycles. The van der Waals surface area contributed by atoms with Crippen LogP contribution < -0.4 is 0 Å². The predicted molar refractivity (Wildman–Crippen MR) is 35.5 cm³/mol. The molecule has 0 bridgehead atoms. The maximum atomic E-state index is 9.09. The average Bonchev–Trinajstić information content (AvgIpc) is 1.67. The Kier molecular flexibility index (Phi) is 3.88. The fourth-order valence-corrected chi connectivity index (χ4v) is 0.562. The minimum absolute atomic E-state index is 0.167. The molecule has 0 rings (SSSR count). The lowest BCUT2D eigenvalue weighted by molar-refractivity contribution is 0.177. The first-order valence-electron chi connectivity index (χ1n) is 3.16. The van der Waals surface area contributed by atoms with Gasteiger partial charge in [-0.2, -0.15) is 0 Å². The van der Waals surface area contributed by atoms with Crippen LogP contribution in [0.2, 0.25) is 0 Å². The molecule has 0 aliphatic heterocycles. The second-order valence-electron chi connectivity index (χ2n) is 2.38. The van der Waals surface area contributed by atoms with E-state index in [2.05, 4.69) is 6.92 Å². The summed E-state index contributed by atoms with van der Waals surface area (Å²) in [6, 6.07) is 0. The topological polar surface area (TPSA) is 20.2 Å². The number of rotatable bonds is 3. The number of aliphatic hydroxyl groups is 1. The number of hydrogen-bond acceptors (Lipinski definition) is 1. The van der Waals surface area contributed by atoms with Crippen molar-refractivity contribution in [2.75, 3.05) is 0 Å². The van der Waals surface area contributed by atoms with Gasteiger partial charge in [0.15, 0.2) is 0 Å². The summed E-state index contributed by atoms with van der Waals surface area (Å²) in [4.78, 5) is 0. The molecule has 0 aromatic rings. The van der Waals surface area contributed by atoms with Gasteiger partial charge in [-0.25, -0.2) is 0 Å². The van der Waals surface area contributed by atoms with Crippen LogP contribution in [0.25, 0.3) is 0 Å². The lowest BCUT2D eigenvalue weighted by Crippen LogP contribution is -2.11. The van der Waals surface area contributed by atoms with Crippen molar-refractivity contribution in [1.82, 2.24) is 0 Å². The SMILES string of the molecule is CCC[C@H](O)[C](C)C. The fourth-order valence-electron chi connectivity index (χ4n) is 0.562. The van der Waals surface area contributed by atoms with Crippen molar-refractivity contribution in [3.8, 4) is 0 Å². The zero-order chi connectivity index (χ0) is 6.57. The van der Waals surface area contributed by atoms with Crippen LogP contribution in [0.15, 0.2) is 0 Å². The lowest BCUT2D eigenvalue weighted by Gasteiger charge is -2.10. The van der Waals surface area contributed by atoms with E-state index in [0.29, 0.717) is 0 Å². The van der Waals surface area contributed by atoms with Crippen LogP contribution in [0.1, 0.15) is 33.6 Å². The minimum atomic E-state index is -0.167. The Labute approximate surface area is 51.7 Å². The van der Waals surface area contributed by atoms with Gasteiger partial charge in [0.1, 0.15) is 0 Å². The molecule has 0 aromatic carbocycles. The van der Waals surface area contributed by atoms with E-state index in [0.717, 1.165) is 18.8 Å². The summed E-state index contributed by atoms with van der Waals surface area (Å²) in [5, 5.41) is 9.09. The second kappa shape index (κ2) is 3.90. The summed E-state index contributed by atoms with van der Waals surface area (Å²) in [5.41, 5.74) is 0. The zero-order valence-corrected chi connectivity index (χ0v) is 5.94. The largest absolute Gasteiger partial charge is 0.393 e. The first kappa shape index (κ1) is 7.96. The van der Waals surface area contributed by atoms with Gasteiger partial charge in [0, 0.05) is 0 Å². The van der Waals surface area contributed by atoms with E-state index in [9.17, 15) is 0 Å². The van der Waals surface area contributed by atoms with Gasteiger partial charge in [0.05, 0.1) is 6.10 Å². The highest BCUT2D eigenvalue weighted by Crippen LogP contribution is 2.08. The summed E-state index contributed by atoms with van der Waals surface area (Å²) in [6.07, 6.45) is 1.80. The van der Waals surface area contributed by atoms with Crippen molar-refractivity contribution in [3.05, 3.63) is 5.92 Å². The van der Waals surface area contributed by atoms with Gasteiger partial charge in [0.25, 0.3) is 0 Å². The number of aliphatic hydroxyl groups excluding tert-OH is 1. The van der Waals surface area contributed by atoms with Crippen LogP contribution >= 0.6 is 0 Å². The molecular formula is C7H15O. The molecule has 0 saturated carbocycles. The third-order valence-electron chi connectivity index (χ3n) is 1.23. The van der Waals surface area contributed by atoms with Crippen LogP contribution in [-0.4, -0.2) is 11.2 Å². The maximum absolute atomic E-state index is 9.09. The lowest BCUT2D eigenvalue weighted by atomic mass is 10.0. The molecule has 1 radical (unpaired) electrons. The highest BCUT2D eigenvalue weighted by atomic mass is 16.3. The summed E-state index contributed by atoms with van der Waals surface area (Å²) < 4.78 is 0. The smallest absolute Gasteiger partial charge is 0.0597 e. The molecular weight excluding hydrogens is 100 g/mol. The highest BCUT2D eigenvalue weighted by Gasteiger charge is 2.06. The standard InChI is InChI=1S/C7H15O/c1-4-5-7(8)6(2)3/h7-8H,4-5H2,1-3H3/t7-/m0/s1. The van der Waals surface area contributed by atoms with Crippen molar-refractivity contribution < 1.29 is 5.11 Å². The van der Waals surface area contributed by atoms with Gasteiger partial charge in [0.2, 0.25) is 0 Å². The predicted octanol–water partition coefficient (Wildman–Crippen LogP) is 1.76. The number of hydrogen-bond donors (Lipinski definition) is 1. The molecule has 0 aromatic heterocycles. The molecule has 0 heterocycles. The van der Waals surface area contributed by atoms with E-state index in [1.807, 2.05) is 13.8 Å². The fraction of sp³-hybridized carbons (Fsp3) is 0.857. The molecule has 49 valence electrons. The Morgan fingerprint density at radius 2 is 2.00 bits per heavy atom. The molecule has 8 heavy (non-hydrogen) atoms. The van der Waals surface area contributed by atoms with Crippen LogP contribution in [-0.2, 0) is 0 Å². The Hall–Kier alpha value is -0.0400. The monoisotopic (exact) mass is 115 g/mol. The van der Waals surface area contributed by atoms with E-state index in [1.165, 1.54) is 0 Å². The van der Waals surface area contributed by atoms with E-state index in [4.69, 9.17) is 5.11 Å². The zero-order valence-electron chi connectivity index (χ0n) is 5.94. The van der Waals surface area contributed by atoms with Crippen LogP contribution in [0.4, 0.5) is 0 Å². The summed E-state index contributed by atoms with van der Waals surface area (Å²) in [7, 11) is 0.